The van der Waals surface area contributed by atoms with E-state index in [1.807, 2.05) is 49.3 Å². The number of hydrogen-bond acceptors (Lipinski definition) is 5. The first-order valence-corrected chi connectivity index (χ1v) is 7.08. The van der Waals surface area contributed by atoms with Crippen LogP contribution in [0.5, 0.6) is 0 Å². The van der Waals surface area contributed by atoms with Crippen LogP contribution in [-0.2, 0) is 6.54 Å². The maximum Gasteiger partial charge on any atom is 0.292 e. The fraction of sp³-hybridized carbons (Fsp3) is 0.235. The molecule has 6 heteroatoms. The number of nitro benzene ring substituents is 1. The maximum absolute atomic E-state index is 11.2. The lowest BCUT2D eigenvalue weighted by atomic mass is 10.1. The van der Waals surface area contributed by atoms with Crippen LogP contribution in [0, 0.1) is 21.4 Å². The third-order valence-corrected chi connectivity index (χ3v) is 3.58. The number of anilines is 2. The molecule has 0 aromatic heterocycles. The van der Waals surface area contributed by atoms with Crippen LogP contribution in [0.15, 0.2) is 42.5 Å². The summed E-state index contributed by atoms with van der Waals surface area (Å²) in [4.78, 5) is 14.5. The lowest BCUT2D eigenvalue weighted by Gasteiger charge is -2.20. The third kappa shape index (κ3) is 3.77. The van der Waals surface area contributed by atoms with Crippen molar-refractivity contribution in [3.63, 3.8) is 0 Å². The Bertz CT molecular complexity index is 748. The van der Waals surface area contributed by atoms with E-state index in [-0.39, 0.29) is 5.69 Å². The molecule has 0 N–H and O–H groups in total. The average Bonchev–Trinajstić information content (AvgIpc) is 2.54. The molecule has 118 valence electrons. The topological polar surface area (TPSA) is 73.4 Å². The lowest BCUT2D eigenvalue weighted by molar-refractivity contribution is -0.384. The van der Waals surface area contributed by atoms with E-state index in [4.69, 9.17) is 5.26 Å². The first-order valence-electron chi connectivity index (χ1n) is 7.08. The number of nitrogens with zero attached hydrogens (tertiary/aromatic N) is 4. The van der Waals surface area contributed by atoms with Gasteiger partial charge in [0.05, 0.1) is 16.6 Å². The van der Waals surface area contributed by atoms with Crippen molar-refractivity contribution in [2.45, 2.75) is 6.54 Å². The van der Waals surface area contributed by atoms with Crippen molar-refractivity contribution in [3.8, 4) is 6.07 Å². The number of rotatable bonds is 5. The summed E-state index contributed by atoms with van der Waals surface area (Å²) >= 11 is 0. The molecule has 0 heterocycles. The van der Waals surface area contributed by atoms with Crippen LogP contribution in [0.1, 0.15) is 11.1 Å². The molecule has 2 aromatic carbocycles. The Kier molecular flexibility index (Phi) is 4.82. The zero-order valence-corrected chi connectivity index (χ0v) is 13.4. The van der Waals surface area contributed by atoms with E-state index in [0.717, 1.165) is 11.3 Å². The molecule has 23 heavy (non-hydrogen) atoms. The summed E-state index contributed by atoms with van der Waals surface area (Å²) < 4.78 is 0. The Morgan fingerprint density at radius 1 is 1.13 bits per heavy atom. The molecule has 0 saturated heterocycles. The zero-order chi connectivity index (χ0) is 17.0. The van der Waals surface area contributed by atoms with Crippen LogP contribution in [0.2, 0.25) is 0 Å². The largest absolute Gasteiger partial charge is 0.378 e. The van der Waals surface area contributed by atoms with Gasteiger partial charge in [0.1, 0.15) is 5.69 Å². The Labute approximate surface area is 135 Å². The molecule has 0 fully saturated rings. The fourth-order valence-electron chi connectivity index (χ4n) is 2.31. The summed E-state index contributed by atoms with van der Waals surface area (Å²) in [6.45, 7) is 0.517. The molecule has 0 spiro atoms. The number of benzene rings is 2. The number of nitriles is 1. The van der Waals surface area contributed by atoms with Gasteiger partial charge in [0.2, 0.25) is 0 Å². The fourth-order valence-corrected chi connectivity index (χ4v) is 2.31. The Morgan fingerprint density at radius 3 is 2.30 bits per heavy atom. The van der Waals surface area contributed by atoms with Crippen molar-refractivity contribution >= 4 is 17.1 Å². The molecule has 0 bridgehead atoms. The van der Waals surface area contributed by atoms with Gasteiger partial charge in [-0.3, -0.25) is 10.1 Å². The molecule has 2 aromatic rings. The van der Waals surface area contributed by atoms with Gasteiger partial charge in [-0.05, 0) is 29.8 Å². The van der Waals surface area contributed by atoms with E-state index in [0.29, 0.717) is 17.8 Å². The van der Waals surface area contributed by atoms with Crippen molar-refractivity contribution in [2.24, 2.45) is 0 Å². The number of hydrogen-bond donors (Lipinski definition) is 0. The predicted octanol–water partition coefficient (Wildman–Crippen LogP) is 3.17. The SMILES string of the molecule is CN(C)c1ccc(CN(C)c2cc(C#N)ccc2[N+](=O)[O-])cc1. The van der Waals surface area contributed by atoms with Crippen molar-refractivity contribution in [1.29, 1.82) is 5.26 Å². The van der Waals surface area contributed by atoms with E-state index in [9.17, 15) is 10.1 Å². The van der Waals surface area contributed by atoms with Crippen LogP contribution in [-0.4, -0.2) is 26.1 Å². The Hall–Kier alpha value is -3.07. The second-order valence-electron chi connectivity index (χ2n) is 5.49. The normalized spacial score (nSPS) is 10.0. The standard InChI is InChI=1S/C17H18N4O2/c1-19(2)15-7-4-13(5-8-15)12-20(3)17-10-14(11-18)6-9-16(17)21(22)23/h4-10H,12H2,1-3H3. The summed E-state index contributed by atoms with van der Waals surface area (Å²) in [6, 6.07) is 14.4. The first kappa shape index (κ1) is 16.3. The van der Waals surface area contributed by atoms with E-state index in [1.165, 1.54) is 12.1 Å². The highest BCUT2D eigenvalue weighted by Gasteiger charge is 2.18. The molecule has 0 amide bonds. The smallest absolute Gasteiger partial charge is 0.292 e. The predicted molar refractivity (Wildman–Crippen MR) is 90.7 cm³/mol. The second-order valence-corrected chi connectivity index (χ2v) is 5.49. The highest BCUT2D eigenvalue weighted by atomic mass is 16.6. The highest BCUT2D eigenvalue weighted by molar-refractivity contribution is 5.65. The third-order valence-electron chi connectivity index (χ3n) is 3.58. The average molecular weight is 310 g/mol. The van der Waals surface area contributed by atoms with Gasteiger partial charge in [-0.25, -0.2) is 0 Å². The monoisotopic (exact) mass is 310 g/mol. The molecule has 0 aliphatic carbocycles. The Balaban J connectivity index is 2.28. The van der Waals surface area contributed by atoms with Crippen LogP contribution < -0.4 is 9.80 Å². The van der Waals surface area contributed by atoms with Crippen molar-refractivity contribution in [1.82, 2.24) is 0 Å². The molecule has 0 unspecified atom stereocenters. The van der Waals surface area contributed by atoms with E-state index >= 15 is 0 Å². The van der Waals surface area contributed by atoms with Gasteiger partial charge in [-0.15, -0.1) is 0 Å². The summed E-state index contributed by atoms with van der Waals surface area (Å²) in [5.74, 6) is 0. The molecule has 2 rings (SSSR count). The van der Waals surface area contributed by atoms with Gasteiger partial charge in [0, 0.05) is 39.4 Å². The quantitative estimate of drug-likeness (QED) is 0.626. The van der Waals surface area contributed by atoms with Crippen LogP contribution in [0.4, 0.5) is 17.1 Å². The van der Waals surface area contributed by atoms with E-state index in [1.54, 1.807) is 18.0 Å². The minimum Gasteiger partial charge on any atom is -0.378 e. The minimum absolute atomic E-state index is 0.00332. The molecule has 0 saturated carbocycles. The molecule has 0 aliphatic rings. The van der Waals surface area contributed by atoms with Crippen LogP contribution in [0.25, 0.3) is 0 Å². The molecule has 0 atom stereocenters. The van der Waals surface area contributed by atoms with Crippen molar-refractivity contribution in [2.75, 3.05) is 30.9 Å². The minimum atomic E-state index is -0.428. The number of nitro groups is 1. The summed E-state index contributed by atoms with van der Waals surface area (Å²) in [6.07, 6.45) is 0. The van der Waals surface area contributed by atoms with Gasteiger partial charge in [-0.2, -0.15) is 5.26 Å². The molecular formula is C17H18N4O2. The lowest BCUT2D eigenvalue weighted by Crippen LogP contribution is -2.18. The van der Waals surface area contributed by atoms with Gasteiger partial charge in [0.15, 0.2) is 0 Å². The first-order chi connectivity index (χ1) is 10.9. The zero-order valence-electron chi connectivity index (χ0n) is 13.4. The van der Waals surface area contributed by atoms with E-state index < -0.39 is 4.92 Å². The van der Waals surface area contributed by atoms with Crippen molar-refractivity contribution in [3.05, 3.63) is 63.7 Å². The summed E-state index contributed by atoms with van der Waals surface area (Å²) in [7, 11) is 5.72. The highest BCUT2D eigenvalue weighted by Crippen LogP contribution is 2.29. The van der Waals surface area contributed by atoms with Gasteiger partial charge >= 0.3 is 0 Å². The van der Waals surface area contributed by atoms with Gasteiger partial charge in [0.25, 0.3) is 5.69 Å². The Morgan fingerprint density at radius 2 is 1.78 bits per heavy atom. The molecule has 0 aliphatic heterocycles. The van der Waals surface area contributed by atoms with E-state index in [2.05, 4.69) is 0 Å². The van der Waals surface area contributed by atoms with Gasteiger partial charge < -0.3 is 9.80 Å². The maximum atomic E-state index is 11.2. The molecule has 6 nitrogen and oxygen atoms in total. The summed E-state index contributed by atoms with van der Waals surface area (Å²) in [5, 5.41) is 20.2. The molecule has 0 radical (unpaired) electrons. The van der Waals surface area contributed by atoms with Gasteiger partial charge in [-0.1, -0.05) is 12.1 Å². The second kappa shape index (κ2) is 6.79. The van der Waals surface area contributed by atoms with Crippen LogP contribution >= 0.6 is 0 Å². The van der Waals surface area contributed by atoms with Crippen molar-refractivity contribution < 1.29 is 4.92 Å². The molecular weight excluding hydrogens is 292 g/mol. The van der Waals surface area contributed by atoms with Crippen LogP contribution in [0.3, 0.4) is 0 Å². The summed E-state index contributed by atoms with van der Waals surface area (Å²) in [5.41, 5.74) is 2.96.